The van der Waals surface area contributed by atoms with E-state index in [9.17, 15) is 9.90 Å². The van der Waals surface area contributed by atoms with Gasteiger partial charge in [-0.25, -0.2) is 4.79 Å². The minimum Gasteiger partial charge on any atom is -0.383 e. The fourth-order valence-corrected chi connectivity index (χ4v) is 2.54. The number of primary amides is 1. The monoisotopic (exact) mass is 281 g/mol. The first-order valence-electron chi connectivity index (χ1n) is 5.99. The zero-order chi connectivity index (χ0) is 14.5. The number of nitrogens with one attached hydrogen (secondary N) is 1. The van der Waals surface area contributed by atoms with E-state index in [1.165, 1.54) is 0 Å². The maximum atomic E-state index is 11.1. The van der Waals surface area contributed by atoms with Gasteiger partial charge in [-0.15, -0.1) is 0 Å². The number of benzene rings is 1. The van der Waals surface area contributed by atoms with Crippen LogP contribution in [0.4, 0.5) is 4.79 Å². The Morgan fingerprint density at radius 1 is 1.53 bits per heavy atom. The smallest absolute Gasteiger partial charge is 0.312 e. The van der Waals surface area contributed by atoms with Crippen molar-refractivity contribution in [3.8, 4) is 0 Å². The van der Waals surface area contributed by atoms with Gasteiger partial charge in [-0.1, -0.05) is 30.3 Å². The van der Waals surface area contributed by atoms with E-state index in [2.05, 4.69) is 11.9 Å². The number of aliphatic hydroxyl groups is 1. The number of hydrogen-bond acceptors (Lipinski definition) is 2. The molecule has 0 aliphatic rings. The van der Waals surface area contributed by atoms with Gasteiger partial charge in [0.05, 0.1) is 6.04 Å². The molecule has 0 spiro atoms. The van der Waals surface area contributed by atoms with Crippen LogP contribution in [0.3, 0.4) is 0 Å². The number of nitrogens with two attached hydrogens (primary N) is 1. The van der Waals surface area contributed by atoms with E-state index >= 15 is 0 Å². The number of carbonyl (C=O) groups excluding carboxylic acids is 1. The van der Waals surface area contributed by atoms with Crippen LogP contribution in [0.2, 0.25) is 0 Å². The first-order chi connectivity index (χ1) is 8.83. The van der Waals surface area contributed by atoms with Crippen LogP contribution in [0.25, 0.3) is 0 Å². The van der Waals surface area contributed by atoms with Crippen LogP contribution in [-0.2, 0) is 11.8 Å². The molecule has 4 nitrogen and oxygen atoms in total. The molecule has 0 saturated heterocycles. The molecule has 0 saturated carbocycles. The molecule has 0 aliphatic heterocycles. The minimum atomic E-state index is -1.10. The topological polar surface area (TPSA) is 75.3 Å². The van der Waals surface area contributed by atoms with Crippen molar-refractivity contribution in [1.29, 1.82) is 0 Å². The molecule has 0 heterocycles. The summed E-state index contributed by atoms with van der Waals surface area (Å²) in [6, 6.07) is 8.11. The molecule has 1 aromatic rings. The van der Waals surface area contributed by atoms with Crippen molar-refractivity contribution in [2.45, 2.75) is 25.5 Å². The molecule has 4 N–H and O–H groups in total. The Balaban J connectivity index is 2.96. The second-order valence-electron chi connectivity index (χ2n) is 4.76. The number of amides is 2. The Bertz CT molecular complexity index is 446. The molecule has 0 bridgehead atoms. The first-order valence-corrected chi connectivity index (χ1v) is 7.07. The molecule has 0 fully saturated rings. The summed E-state index contributed by atoms with van der Waals surface area (Å²) < 4.78 is 0. The maximum Gasteiger partial charge on any atom is 0.312 e. The molecule has 2 amide bonds. The van der Waals surface area contributed by atoms with E-state index in [-0.39, 0.29) is 0 Å². The number of urea groups is 1. The van der Waals surface area contributed by atoms with Gasteiger partial charge in [0.2, 0.25) is 0 Å². The molecule has 1 rings (SSSR count). The van der Waals surface area contributed by atoms with Crippen molar-refractivity contribution < 1.29 is 9.90 Å². The van der Waals surface area contributed by atoms with E-state index in [0.717, 1.165) is 22.2 Å². The molecule has 1 aromatic carbocycles. The third kappa shape index (κ3) is 4.96. The van der Waals surface area contributed by atoms with E-state index < -0.39 is 17.7 Å². The second kappa shape index (κ2) is 6.63. The van der Waals surface area contributed by atoms with Crippen LogP contribution in [0.1, 0.15) is 25.5 Å². The normalized spacial score (nSPS) is 15.3. The maximum absolute atomic E-state index is 11.1. The molecular formula is C14H21N2O2S+. The molecule has 1 unspecified atom stereocenters. The van der Waals surface area contributed by atoms with Crippen molar-refractivity contribution in [3.05, 3.63) is 47.4 Å². The Hall–Kier alpha value is -1.46. The molecule has 19 heavy (non-hydrogen) atoms. The largest absolute Gasteiger partial charge is 0.383 e. The van der Waals surface area contributed by atoms with Crippen LogP contribution in [0.5, 0.6) is 0 Å². The summed E-state index contributed by atoms with van der Waals surface area (Å²) in [5.74, 6) is 0.474. The van der Waals surface area contributed by atoms with E-state index in [0.29, 0.717) is 5.75 Å². The zero-order valence-corrected chi connectivity index (χ0v) is 12.2. The Labute approximate surface area is 118 Å². The predicted octanol–water partition coefficient (Wildman–Crippen LogP) is 1.50. The van der Waals surface area contributed by atoms with Gasteiger partial charge in [-0.3, -0.25) is 0 Å². The number of hydrogen-bond donors (Lipinski definition) is 3. The fourth-order valence-electron chi connectivity index (χ4n) is 1.77. The van der Waals surface area contributed by atoms with Crippen LogP contribution in [0.15, 0.2) is 41.8 Å². The first kappa shape index (κ1) is 15.6. The van der Waals surface area contributed by atoms with E-state index in [1.54, 1.807) is 6.92 Å². The van der Waals surface area contributed by atoms with Gasteiger partial charge in [0.1, 0.15) is 16.3 Å². The van der Waals surface area contributed by atoms with Gasteiger partial charge in [0.15, 0.2) is 0 Å². The zero-order valence-electron chi connectivity index (χ0n) is 11.3. The summed E-state index contributed by atoms with van der Waals surface area (Å²) in [5.41, 5.74) is 4.92. The van der Waals surface area contributed by atoms with E-state index in [1.807, 2.05) is 37.3 Å². The molecule has 0 aromatic heterocycles. The number of carbonyl (C=O) groups is 1. The number of allylic oxidation sites excluding steroid dienone is 1. The van der Waals surface area contributed by atoms with Gasteiger partial charge in [0.25, 0.3) is 0 Å². The van der Waals surface area contributed by atoms with E-state index in [4.69, 9.17) is 5.73 Å². The van der Waals surface area contributed by atoms with Crippen LogP contribution < -0.4 is 11.1 Å². The van der Waals surface area contributed by atoms with Crippen molar-refractivity contribution in [1.82, 2.24) is 5.32 Å². The van der Waals surface area contributed by atoms with Gasteiger partial charge in [-0.05, 0) is 19.1 Å². The molecular weight excluding hydrogens is 260 g/mol. The highest BCUT2D eigenvalue weighted by molar-refractivity contribution is 7.82. The number of thiol groups is 1. The molecule has 0 aliphatic carbocycles. The van der Waals surface area contributed by atoms with Crippen molar-refractivity contribution in [2.75, 3.05) is 5.75 Å². The van der Waals surface area contributed by atoms with Gasteiger partial charge >= 0.3 is 6.03 Å². The quantitative estimate of drug-likeness (QED) is 0.546. The lowest BCUT2D eigenvalue weighted by molar-refractivity contribution is 0.0460. The molecule has 0 radical (unpaired) electrons. The summed E-state index contributed by atoms with van der Waals surface area (Å²) in [4.78, 5) is 12.1. The van der Waals surface area contributed by atoms with Crippen molar-refractivity contribution in [2.24, 2.45) is 5.73 Å². The van der Waals surface area contributed by atoms with Crippen LogP contribution in [0, 0.1) is 0 Å². The average molecular weight is 281 g/mol. The molecule has 5 heteroatoms. The lowest BCUT2D eigenvalue weighted by Crippen LogP contribution is -2.48. The summed E-state index contributed by atoms with van der Waals surface area (Å²) >= 11 is 0.945. The lowest BCUT2D eigenvalue weighted by atomic mass is 9.92. The Morgan fingerprint density at radius 2 is 2.11 bits per heavy atom. The SMILES string of the molecule is C=C(C)[SH+]CC(C)(O)[C@@H](NC(N)=O)c1ccccc1. The van der Waals surface area contributed by atoms with Gasteiger partial charge in [-0.2, -0.15) is 0 Å². The fraction of sp³-hybridized carbons (Fsp3) is 0.357. The summed E-state index contributed by atoms with van der Waals surface area (Å²) in [5, 5.41) is 13.2. The highest BCUT2D eigenvalue weighted by Gasteiger charge is 2.37. The van der Waals surface area contributed by atoms with Gasteiger partial charge in [0, 0.05) is 18.7 Å². The standard InChI is InChI=1S/C14H20N2O2S/c1-10(2)19-9-14(3,18)12(16-13(15)17)11-7-5-4-6-8-11/h4-8,12,18H,1,9H2,2-3H3,(H3,15,16,17)/p+1/t12-,14?/m0/s1. The van der Waals surface area contributed by atoms with Gasteiger partial charge < -0.3 is 16.2 Å². The van der Waals surface area contributed by atoms with Crippen molar-refractivity contribution >= 4 is 17.8 Å². The highest BCUT2D eigenvalue weighted by atomic mass is 32.2. The van der Waals surface area contributed by atoms with Crippen molar-refractivity contribution in [3.63, 3.8) is 0 Å². The molecule has 2 atom stereocenters. The highest BCUT2D eigenvalue weighted by Crippen LogP contribution is 2.26. The van der Waals surface area contributed by atoms with Crippen LogP contribution >= 0.6 is 0 Å². The molecule has 104 valence electrons. The predicted molar refractivity (Wildman–Crippen MR) is 81.0 cm³/mol. The number of rotatable bonds is 6. The Kier molecular flexibility index (Phi) is 5.44. The average Bonchev–Trinajstić information content (AvgIpc) is 2.34. The lowest BCUT2D eigenvalue weighted by Gasteiger charge is -2.30. The summed E-state index contributed by atoms with van der Waals surface area (Å²) in [6.45, 7) is 7.41. The Morgan fingerprint density at radius 3 is 2.58 bits per heavy atom. The second-order valence-corrected chi connectivity index (χ2v) is 6.16. The summed E-state index contributed by atoms with van der Waals surface area (Å²) in [6.07, 6.45) is 0. The minimum absolute atomic E-state index is 0.474. The third-order valence-electron chi connectivity index (χ3n) is 2.71. The third-order valence-corrected chi connectivity index (χ3v) is 4.05. The van der Waals surface area contributed by atoms with Crippen LogP contribution in [-0.4, -0.2) is 22.5 Å². The summed E-state index contributed by atoms with van der Waals surface area (Å²) in [7, 11) is 0.